The van der Waals surface area contributed by atoms with Crippen LogP contribution in [-0.2, 0) is 13.5 Å². The Morgan fingerprint density at radius 2 is 2.00 bits per heavy atom. The van der Waals surface area contributed by atoms with Gasteiger partial charge in [-0.05, 0) is 48.5 Å². The molecule has 2 heterocycles. The third kappa shape index (κ3) is 4.35. The van der Waals surface area contributed by atoms with Gasteiger partial charge >= 0.3 is 0 Å². The SMILES string of the molecule is C[C@H](CNCCc1nn(C)c2ccccc12)NSc1ccc2cnccc2c1. The first-order valence-electron chi connectivity index (χ1n) is 9.58. The van der Waals surface area contributed by atoms with E-state index in [2.05, 4.69) is 69.5 Å². The van der Waals surface area contributed by atoms with E-state index in [4.69, 9.17) is 0 Å². The Bertz CT molecular complexity index is 1070. The molecule has 6 heteroatoms. The maximum absolute atomic E-state index is 4.66. The molecule has 1 atom stereocenters. The van der Waals surface area contributed by atoms with Crippen LogP contribution in [0.4, 0.5) is 0 Å². The maximum atomic E-state index is 4.66. The molecule has 0 saturated carbocycles. The average Bonchev–Trinajstić information content (AvgIpc) is 3.05. The summed E-state index contributed by atoms with van der Waals surface area (Å²) in [5.74, 6) is 0. The zero-order valence-corrected chi connectivity index (χ0v) is 17.0. The molecular formula is C22H25N5S. The number of nitrogens with zero attached hydrogens (tertiary/aromatic N) is 3. The molecule has 2 aromatic heterocycles. The lowest BCUT2D eigenvalue weighted by Crippen LogP contribution is -2.33. The molecule has 0 aliphatic rings. The van der Waals surface area contributed by atoms with Crippen LogP contribution in [0.25, 0.3) is 21.7 Å². The van der Waals surface area contributed by atoms with Gasteiger partial charge in [0.15, 0.2) is 0 Å². The largest absolute Gasteiger partial charge is 0.315 e. The summed E-state index contributed by atoms with van der Waals surface area (Å²) in [4.78, 5) is 5.38. The van der Waals surface area contributed by atoms with Crippen molar-refractivity contribution < 1.29 is 0 Å². The van der Waals surface area contributed by atoms with E-state index in [-0.39, 0.29) is 0 Å². The van der Waals surface area contributed by atoms with Crippen molar-refractivity contribution in [1.29, 1.82) is 0 Å². The van der Waals surface area contributed by atoms with Crippen LogP contribution in [0.5, 0.6) is 0 Å². The van der Waals surface area contributed by atoms with Crippen LogP contribution in [0.1, 0.15) is 12.6 Å². The smallest absolute Gasteiger partial charge is 0.0715 e. The number of pyridine rings is 1. The Labute approximate surface area is 169 Å². The van der Waals surface area contributed by atoms with Crippen molar-refractivity contribution >= 4 is 33.6 Å². The molecule has 2 aromatic carbocycles. The van der Waals surface area contributed by atoms with Crippen molar-refractivity contribution in [2.24, 2.45) is 7.05 Å². The summed E-state index contributed by atoms with van der Waals surface area (Å²) in [6.07, 6.45) is 4.66. The Hall–Kier alpha value is -2.41. The van der Waals surface area contributed by atoms with E-state index < -0.39 is 0 Å². The quantitative estimate of drug-likeness (QED) is 0.352. The Balaban J connectivity index is 1.23. The second kappa shape index (κ2) is 8.73. The number of nitrogens with one attached hydrogen (secondary N) is 2. The molecule has 0 unspecified atom stereocenters. The second-order valence-corrected chi connectivity index (χ2v) is 7.96. The molecule has 2 N–H and O–H groups in total. The van der Waals surface area contributed by atoms with Gasteiger partial charge in [-0.15, -0.1) is 0 Å². The van der Waals surface area contributed by atoms with Gasteiger partial charge in [0.05, 0.1) is 11.2 Å². The van der Waals surface area contributed by atoms with Crippen LogP contribution in [0.15, 0.2) is 65.8 Å². The van der Waals surface area contributed by atoms with Gasteiger partial charge in [-0.1, -0.05) is 24.3 Å². The number of hydrogen-bond acceptors (Lipinski definition) is 5. The van der Waals surface area contributed by atoms with E-state index in [0.717, 1.165) is 25.2 Å². The van der Waals surface area contributed by atoms with Crippen LogP contribution in [0.2, 0.25) is 0 Å². The minimum Gasteiger partial charge on any atom is -0.315 e. The summed E-state index contributed by atoms with van der Waals surface area (Å²) in [5, 5.41) is 11.8. The Morgan fingerprint density at radius 3 is 2.93 bits per heavy atom. The van der Waals surface area contributed by atoms with Gasteiger partial charge < -0.3 is 5.32 Å². The molecule has 0 radical (unpaired) electrons. The highest BCUT2D eigenvalue weighted by Crippen LogP contribution is 2.21. The lowest BCUT2D eigenvalue weighted by atomic mass is 10.1. The topological polar surface area (TPSA) is 54.8 Å². The van der Waals surface area contributed by atoms with Crippen LogP contribution >= 0.6 is 11.9 Å². The fraction of sp³-hybridized carbons (Fsp3) is 0.273. The number of benzene rings is 2. The molecule has 5 nitrogen and oxygen atoms in total. The lowest BCUT2D eigenvalue weighted by molar-refractivity contribution is 0.582. The lowest BCUT2D eigenvalue weighted by Gasteiger charge is -2.14. The average molecular weight is 392 g/mol. The molecule has 4 rings (SSSR count). The van der Waals surface area contributed by atoms with Crippen LogP contribution in [0, 0.1) is 0 Å². The first-order valence-corrected chi connectivity index (χ1v) is 10.4. The standard InChI is InChI=1S/C22H25N5S/c1-16(26-28-19-8-7-18-15-24-11-9-17(18)13-19)14-23-12-10-21-20-5-3-4-6-22(20)27(2)25-21/h3-9,11,13,15-16,23,26H,10,12,14H2,1-2H3/t16-/m1/s1. The first-order chi connectivity index (χ1) is 13.7. The fourth-order valence-electron chi connectivity index (χ4n) is 3.33. The minimum atomic E-state index is 0.360. The van der Waals surface area contributed by atoms with E-state index in [0.29, 0.717) is 6.04 Å². The van der Waals surface area contributed by atoms with Crippen LogP contribution in [0.3, 0.4) is 0 Å². The zero-order valence-electron chi connectivity index (χ0n) is 16.2. The Kier molecular flexibility index (Phi) is 5.90. The van der Waals surface area contributed by atoms with E-state index in [9.17, 15) is 0 Å². The van der Waals surface area contributed by atoms with Crippen molar-refractivity contribution in [3.05, 3.63) is 66.6 Å². The van der Waals surface area contributed by atoms with Gasteiger partial charge in [0.1, 0.15) is 0 Å². The predicted octanol–water partition coefficient (Wildman–Crippen LogP) is 3.94. The van der Waals surface area contributed by atoms with Crippen molar-refractivity contribution in [2.75, 3.05) is 13.1 Å². The summed E-state index contributed by atoms with van der Waals surface area (Å²) in [7, 11) is 2.01. The molecule has 28 heavy (non-hydrogen) atoms. The van der Waals surface area contributed by atoms with E-state index in [1.807, 2.05) is 30.2 Å². The number of aryl methyl sites for hydroxylation is 1. The van der Waals surface area contributed by atoms with Gasteiger partial charge in [-0.3, -0.25) is 14.4 Å². The van der Waals surface area contributed by atoms with E-state index >= 15 is 0 Å². The van der Waals surface area contributed by atoms with Gasteiger partial charge in [0.25, 0.3) is 0 Å². The van der Waals surface area contributed by atoms with Crippen molar-refractivity contribution in [2.45, 2.75) is 24.3 Å². The monoisotopic (exact) mass is 391 g/mol. The van der Waals surface area contributed by atoms with E-state index in [1.165, 1.54) is 26.6 Å². The van der Waals surface area contributed by atoms with E-state index in [1.54, 1.807) is 11.9 Å². The van der Waals surface area contributed by atoms with Crippen LogP contribution < -0.4 is 10.0 Å². The van der Waals surface area contributed by atoms with Gasteiger partial charge in [-0.2, -0.15) is 5.10 Å². The highest BCUT2D eigenvalue weighted by Gasteiger charge is 2.08. The molecule has 0 aliphatic carbocycles. The van der Waals surface area contributed by atoms with Crippen molar-refractivity contribution in [3.63, 3.8) is 0 Å². The molecule has 4 aromatic rings. The molecule has 0 saturated heterocycles. The third-order valence-corrected chi connectivity index (χ3v) is 5.82. The zero-order chi connectivity index (χ0) is 19.3. The van der Waals surface area contributed by atoms with Crippen molar-refractivity contribution in [3.8, 4) is 0 Å². The fourth-order valence-corrected chi connectivity index (χ4v) is 4.08. The highest BCUT2D eigenvalue weighted by molar-refractivity contribution is 7.97. The number of fused-ring (bicyclic) bond motifs is 2. The molecule has 0 spiro atoms. The number of rotatable bonds is 8. The summed E-state index contributed by atoms with van der Waals surface area (Å²) >= 11 is 1.68. The number of hydrogen-bond donors (Lipinski definition) is 2. The maximum Gasteiger partial charge on any atom is 0.0715 e. The molecule has 0 aliphatic heterocycles. The highest BCUT2D eigenvalue weighted by atomic mass is 32.2. The minimum absolute atomic E-state index is 0.360. The number of para-hydroxylation sites is 1. The van der Waals surface area contributed by atoms with Gasteiger partial charge in [0.2, 0.25) is 0 Å². The van der Waals surface area contributed by atoms with Crippen LogP contribution in [-0.4, -0.2) is 33.9 Å². The summed E-state index contributed by atoms with van der Waals surface area (Å²) in [5.41, 5.74) is 2.35. The third-order valence-electron chi connectivity index (χ3n) is 4.81. The molecular weight excluding hydrogens is 366 g/mol. The number of aromatic nitrogens is 3. The second-order valence-electron chi connectivity index (χ2n) is 7.05. The molecule has 144 valence electrons. The Morgan fingerprint density at radius 1 is 1.11 bits per heavy atom. The van der Waals surface area contributed by atoms with Crippen molar-refractivity contribution in [1.82, 2.24) is 24.8 Å². The first kappa shape index (κ1) is 18.9. The van der Waals surface area contributed by atoms with Gasteiger partial charge in [-0.25, -0.2) is 0 Å². The summed E-state index contributed by atoms with van der Waals surface area (Å²) in [6.45, 7) is 4.02. The predicted molar refractivity (Wildman–Crippen MR) is 117 cm³/mol. The normalized spacial score (nSPS) is 12.6. The molecule has 0 bridgehead atoms. The molecule has 0 fully saturated rings. The molecule has 0 amide bonds. The summed E-state index contributed by atoms with van der Waals surface area (Å²) in [6, 6.07) is 17.3. The van der Waals surface area contributed by atoms with Gasteiger partial charge in [0, 0.05) is 60.7 Å². The summed E-state index contributed by atoms with van der Waals surface area (Å²) < 4.78 is 5.48.